The molecule has 0 bridgehead atoms. The number of halogens is 1. The number of aromatic nitrogens is 3. The van der Waals surface area contributed by atoms with Crippen molar-refractivity contribution in [1.29, 1.82) is 0 Å². The molecule has 2 aromatic heterocycles. The number of aliphatic carboxylic acids is 1. The number of anilines is 1. The van der Waals surface area contributed by atoms with E-state index in [0.29, 0.717) is 15.9 Å². The van der Waals surface area contributed by atoms with Gasteiger partial charge in [-0.25, -0.2) is 19.2 Å². The van der Waals surface area contributed by atoms with Crippen molar-refractivity contribution in [1.82, 2.24) is 19.7 Å². The monoisotopic (exact) mass is 505 g/mol. The van der Waals surface area contributed by atoms with Gasteiger partial charge >= 0.3 is 5.97 Å². The van der Waals surface area contributed by atoms with Crippen molar-refractivity contribution in [2.24, 2.45) is 5.92 Å². The third-order valence-electron chi connectivity index (χ3n) is 5.38. The topological polar surface area (TPSA) is 150 Å². The normalized spacial score (nSPS) is 20.9. The van der Waals surface area contributed by atoms with Crippen molar-refractivity contribution >= 4 is 56.4 Å². The largest absolute Gasteiger partial charge is 0.479 e. The molecular weight excluding hydrogens is 485 g/mol. The maximum atomic E-state index is 13.5. The van der Waals surface area contributed by atoms with E-state index in [1.165, 1.54) is 30.6 Å². The lowest BCUT2D eigenvalue weighted by atomic mass is 9.90. The molecule has 1 aliphatic rings. The van der Waals surface area contributed by atoms with E-state index in [2.05, 4.69) is 31.6 Å². The summed E-state index contributed by atoms with van der Waals surface area (Å²) < 4.78 is 21.9. The highest BCUT2D eigenvalue weighted by Crippen LogP contribution is 2.44. The molecule has 1 aromatic carbocycles. The number of hydrogen-bond donors (Lipinski definition) is 4. The van der Waals surface area contributed by atoms with Gasteiger partial charge in [0.1, 0.15) is 11.1 Å². The molecule has 13 heteroatoms. The number of nitrogens with zero attached hydrogens (tertiary/aromatic N) is 2. The fourth-order valence-corrected chi connectivity index (χ4v) is 5.15. The molecule has 4 atom stereocenters. The van der Waals surface area contributed by atoms with Gasteiger partial charge in [-0.05, 0) is 30.1 Å². The highest BCUT2D eigenvalue weighted by Gasteiger charge is 2.69. The quantitative estimate of drug-likeness (QED) is 0.187. The number of carboxylic acid groups (broad SMARTS) is 1. The molecule has 1 fully saturated rings. The summed E-state index contributed by atoms with van der Waals surface area (Å²) in [5.41, 5.74) is -0.403. The van der Waals surface area contributed by atoms with Crippen LogP contribution in [0.4, 0.5) is 9.52 Å². The number of imidazole rings is 1. The third kappa shape index (κ3) is 4.67. The standard InChI is InChI=1S/C21H20FN5O5S2/c1-3-10(2)21(16(32-21)18(29)30)19(31)27-34-15(7-12-8-23-9-24-12)17(28)26-20-25-13-5-4-11(22)6-14(13)33-20/h3-6,8-10,15-16H,1,7H2,2H3,(H,23,24)(H,27,31)(H,29,30)(H,25,26,28). The Labute approximate surface area is 201 Å². The number of benzene rings is 1. The molecule has 4 rings (SSSR count). The van der Waals surface area contributed by atoms with Crippen LogP contribution in [0.1, 0.15) is 12.6 Å². The first-order valence-corrected chi connectivity index (χ1v) is 11.8. The van der Waals surface area contributed by atoms with E-state index in [1.807, 2.05) is 0 Å². The Bertz CT molecular complexity index is 1250. The smallest absolute Gasteiger partial charge is 0.336 e. The van der Waals surface area contributed by atoms with Crippen molar-refractivity contribution < 1.29 is 28.6 Å². The number of carbonyl (C=O) groups excluding carboxylic acids is 2. The SMILES string of the molecule is C=CC(C)C1(C(=O)NSC(Cc2cnc[nH]2)C(=O)Nc2nc3ccc(F)cc3s2)OC1C(=O)O. The molecule has 0 radical (unpaired) electrons. The summed E-state index contributed by atoms with van der Waals surface area (Å²) in [7, 11) is 0. The van der Waals surface area contributed by atoms with Crippen molar-refractivity contribution in [2.45, 2.75) is 30.3 Å². The van der Waals surface area contributed by atoms with Gasteiger partial charge in [-0.3, -0.25) is 14.3 Å². The van der Waals surface area contributed by atoms with Gasteiger partial charge < -0.3 is 20.1 Å². The molecule has 178 valence electrons. The first kappa shape index (κ1) is 23.9. The maximum Gasteiger partial charge on any atom is 0.336 e. The summed E-state index contributed by atoms with van der Waals surface area (Å²) in [6.07, 6.45) is 3.34. The first-order valence-electron chi connectivity index (χ1n) is 10.1. The van der Waals surface area contributed by atoms with Crippen molar-refractivity contribution in [3.8, 4) is 0 Å². The van der Waals surface area contributed by atoms with E-state index in [-0.39, 0.29) is 11.6 Å². The number of carboxylic acids is 1. The van der Waals surface area contributed by atoms with Crippen LogP contribution in [0.15, 0.2) is 43.4 Å². The second-order valence-electron chi connectivity index (χ2n) is 7.59. The number of H-pyrrole nitrogens is 1. The fraction of sp³-hybridized carbons (Fsp3) is 0.286. The lowest BCUT2D eigenvalue weighted by Crippen LogP contribution is -2.43. The number of aromatic amines is 1. The van der Waals surface area contributed by atoms with Gasteiger partial charge in [0, 0.05) is 24.2 Å². The number of fused-ring (bicyclic) bond motifs is 1. The molecule has 2 amide bonds. The molecule has 4 unspecified atom stereocenters. The molecule has 34 heavy (non-hydrogen) atoms. The van der Waals surface area contributed by atoms with Crippen LogP contribution < -0.4 is 10.0 Å². The van der Waals surface area contributed by atoms with Crippen LogP contribution in [0, 0.1) is 11.7 Å². The second-order valence-corrected chi connectivity index (χ2v) is 9.63. The number of carbonyl (C=O) groups is 3. The Balaban J connectivity index is 1.49. The van der Waals surface area contributed by atoms with Crippen LogP contribution in [-0.2, 0) is 25.5 Å². The van der Waals surface area contributed by atoms with Crippen molar-refractivity contribution in [3.63, 3.8) is 0 Å². The summed E-state index contributed by atoms with van der Waals surface area (Å²) in [5.74, 6) is -3.37. The number of amides is 2. The number of hydrogen-bond acceptors (Lipinski definition) is 8. The molecule has 4 N–H and O–H groups in total. The van der Waals surface area contributed by atoms with Gasteiger partial charge in [0.25, 0.3) is 5.91 Å². The minimum absolute atomic E-state index is 0.184. The van der Waals surface area contributed by atoms with E-state index >= 15 is 0 Å². The Morgan fingerprint density at radius 1 is 1.47 bits per heavy atom. The van der Waals surface area contributed by atoms with E-state index in [1.54, 1.807) is 13.1 Å². The molecule has 0 saturated carbocycles. The molecule has 10 nitrogen and oxygen atoms in total. The van der Waals surface area contributed by atoms with Crippen molar-refractivity contribution in [3.05, 3.63) is 54.9 Å². The third-order valence-corrected chi connectivity index (χ3v) is 7.28. The molecule has 1 aliphatic heterocycles. The van der Waals surface area contributed by atoms with E-state index in [4.69, 9.17) is 4.74 Å². The van der Waals surface area contributed by atoms with Gasteiger partial charge in [-0.1, -0.05) is 24.3 Å². The lowest BCUT2D eigenvalue weighted by Gasteiger charge is -2.19. The molecule has 0 aliphatic carbocycles. The fourth-order valence-electron chi connectivity index (χ4n) is 3.42. The minimum Gasteiger partial charge on any atom is -0.479 e. The summed E-state index contributed by atoms with van der Waals surface area (Å²) in [4.78, 5) is 48.5. The maximum absolute atomic E-state index is 13.5. The van der Waals surface area contributed by atoms with Gasteiger partial charge in [0.2, 0.25) is 5.91 Å². The molecule has 1 saturated heterocycles. The average Bonchev–Trinajstić information content (AvgIpc) is 3.14. The average molecular weight is 506 g/mol. The Kier molecular flexibility index (Phi) is 6.68. The van der Waals surface area contributed by atoms with Crippen LogP contribution in [-0.4, -0.2) is 54.8 Å². The van der Waals surface area contributed by atoms with Gasteiger partial charge in [-0.2, -0.15) is 0 Å². The molecule has 0 spiro atoms. The lowest BCUT2D eigenvalue weighted by molar-refractivity contribution is -0.139. The summed E-state index contributed by atoms with van der Waals surface area (Å²) >= 11 is 1.94. The number of thiazole rings is 1. The predicted molar refractivity (Wildman–Crippen MR) is 125 cm³/mol. The van der Waals surface area contributed by atoms with Gasteiger partial charge in [0.05, 0.1) is 16.5 Å². The Hall–Kier alpha value is -3.29. The van der Waals surface area contributed by atoms with E-state index in [9.17, 15) is 23.9 Å². The van der Waals surface area contributed by atoms with Crippen LogP contribution in [0.2, 0.25) is 0 Å². The Morgan fingerprint density at radius 3 is 2.91 bits per heavy atom. The number of rotatable bonds is 10. The molecular formula is C21H20FN5O5S2. The minimum atomic E-state index is -1.59. The van der Waals surface area contributed by atoms with Crippen LogP contribution in [0.25, 0.3) is 10.2 Å². The summed E-state index contributed by atoms with van der Waals surface area (Å²) in [6.45, 7) is 5.25. The molecule has 3 aromatic rings. The zero-order chi connectivity index (χ0) is 24.5. The zero-order valence-corrected chi connectivity index (χ0v) is 19.4. The van der Waals surface area contributed by atoms with Gasteiger partial charge in [-0.15, -0.1) is 6.58 Å². The van der Waals surface area contributed by atoms with E-state index in [0.717, 1.165) is 23.3 Å². The Morgan fingerprint density at radius 2 is 2.26 bits per heavy atom. The highest BCUT2D eigenvalue weighted by molar-refractivity contribution is 7.99. The van der Waals surface area contributed by atoms with Crippen LogP contribution in [0.5, 0.6) is 0 Å². The molecule has 3 heterocycles. The van der Waals surface area contributed by atoms with Crippen LogP contribution >= 0.6 is 23.3 Å². The zero-order valence-electron chi connectivity index (χ0n) is 17.8. The number of nitrogens with one attached hydrogen (secondary N) is 3. The number of epoxide rings is 1. The van der Waals surface area contributed by atoms with E-state index < -0.39 is 46.5 Å². The highest BCUT2D eigenvalue weighted by atomic mass is 32.2. The van der Waals surface area contributed by atoms with Crippen molar-refractivity contribution in [2.75, 3.05) is 5.32 Å². The summed E-state index contributed by atoms with van der Waals surface area (Å²) in [6, 6.07) is 4.13. The predicted octanol–water partition coefficient (Wildman–Crippen LogP) is 2.52. The van der Waals surface area contributed by atoms with Crippen LogP contribution in [0.3, 0.4) is 0 Å². The van der Waals surface area contributed by atoms with Gasteiger partial charge in [0.15, 0.2) is 16.8 Å². The second kappa shape index (κ2) is 9.52. The summed E-state index contributed by atoms with van der Waals surface area (Å²) in [5, 5.41) is 11.5. The number of ether oxygens (including phenoxy) is 1. The first-order chi connectivity index (χ1) is 16.2.